The van der Waals surface area contributed by atoms with Crippen LogP contribution in [0, 0.1) is 0 Å². The summed E-state index contributed by atoms with van der Waals surface area (Å²) in [4.78, 5) is 12.7. The standard InChI is InChI=1S/C18H12ClF3N2O2S2/c1-26-11-5-6-12-13(8-11)28-15(14(12)19)16(25)24-17(27)23-10-4-2-3-9(7-10)18(20,21)22/h2-8H,1H3,(H2,23,24,25,27). The maximum absolute atomic E-state index is 12.8. The zero-order valence-corrected chi connectivity index (χ0v) is 16.6. The van der Waals surface area contributed by atoms with E-state index in [0.717, 1.165) is 28.2 Å². The molecule has 1 amide bonds. The average molecular weight is 445 g/mol. The molecule has 0 bridgehead atoms. The number of amides is 1. The number of nitrogens with one attached hydrogen (secondary N) is 2. The Balaban J connectivity index is 1.75. The van der Waals surface area contributed by atoms with Gasteiger partial charge in [0.1, 0.15) is 10.6 Å². The maximum Gasteiger partial charge on any atom is 0.416 e. The highest BCUT2D eigenvalue weighted by Gasteiger charge is 2.30. The molecule has 0 radical (unpaired) electrons. The lowest BCUT2D eigenvalue weighted by molar-refractivity contribution is -0.137. The van der Waals surface area contributed by atoms with Crippen LogP contribution >= 0.6 is 35.2 Å². The summed E-state index contributed by atoms with van der Waals surface area (Å²) < 4.78 is 44.3. The van der Waals surface area contributed by atoms with Crippen LogP contribution in [0.3, 0.4) is 0 Å². The first-order chi connectivity index (χ1) is 13.2. The van der Waals surface area contributed by atoms with Crippen molar-refractivity contribution in [3.8, 4) is 5.75 Å². The Morgan fingerprint density at radius 3 is 2.64 bits per heavy atom. The summed E-state index contributed by atoms with van der Waals surface area (Å²) in [6.07, 6.45) is -4.48. The van der Waals surface area contributed by atoms with E-state index in [1.807, 2.05) is 0 Å². The van der Waals surface area contributed by atoms with Crippen molar-refractivity contribution in [2.24, 2.45) is 0 Å². The Labute approximate surface area is 172 Å². The number of alkyl halides is 3. The quantitative estimate of drug-likeness (QED) is 0.508. The van der Waals surface area contributed by atoms with E-state index in [0.29, 0.717) is 11.1 Å². The van der Waals surface area contributed by atoms with Crippen LogP contribution in [0.1, 0.15) is 15.2 Å². The molecule has 0 atom stereocenters. The fraction of sp³-hybridized carbons (Fsp3) is 0.111. The normalized spacial score (nSPS) is 11.3. The van der Waals surface area contributed by atoms with Crippen LogP contribution in [0.2, 0.25) is 5.02 Å². The Bertz CT molecular complexity index is 1070. The third-order valence-corrected chi connectivity index (χ3v) is 5.58. The lowest BCUT2D eigenvalue weighted by Gasteiger charge is -2.11. The van der Waals surface area contributed by atoms with Crippen LogP contribution in [-0.2, 0) is 6.18 Å². The molecular formula is C18H12ClF3N2O2S2. The SMILES string of the molecule is COc1ccc2c(Cl)c(C(=O)NC(=S)Nc3cccc(C(F)(F)F)c3)sc2c1. The second-order valence-corrected chi connectivity index (χ2v) is 7.43. The highest BCUT2D eigenvalue weighted by Crippen LogP contribution is 2.37. The predicted octanol–water partition coefficient (Wildman–Crippen LogP) is 5.71. The Morgan fingerprint density at radius 1 is 1.21 bits per heavy atom. The predicted molar refractivity (Wildman–Crippen MR) is 109 cm³/mol. The first kappa shape index (κ1) is 20.4. The molecule has 4 nitrogen and oxygen atoms in total. The Morgan fingerprint density at radius 2 is 1.96 bits per heavy atom. The molecule has 3 rings (SSSR count). The van der Waals surface area contributed by atoms with Gasteiger partial charge in [-0.25, -0.2) is 0 Å². The van der Waals surface area contributed by atoms with Crippen molar-refractivity contribution in [3.05, 3.63) is 57.9 Å². The van der Waals surface area contributed by atoms with Crippen molar-refractivity contribution in [2.75, 3.05) is 12.4 Å². The zero-order valence-electron chi connectivity index (χ0n) is 14.2. The van der Waals surface area contributed by atoms with E-state index in [1.54, 1.807) is 18.2 Å². The first-order valence-electron chi connectivity index (χ1n) is 7.74. The summed E-state index contributed by atoms with van der Waals surface area (Å²) in [7, 11) is 1.53. The molecule has 1 heterocycles. The number of ether oxygens (including phenoxy) is 1. The first-order valence-corrected chi connectivity index (χ1v) is 9.35. The minimum Gasteiger partial charge on any atom is -0.497 e. The summed E-state index contributed by atoms with van der Waals surface area (Å²) in [6.45, 7) is 0. The van der Waals surface area contributed by atoms with Gasteiger partial charge in [-0.3, -0.25) is 10.1 Å². The third kappa shape index (κ3) is 4.37. The van der Waals surface area contributed by atoms with Crippen molar-refractivity contribution in [1.29, 1.82) is 0 Å². The van der Waals surface area contributed by atoms with Gasteiger partial charge in [0.25, 0.3) is 5.91 Å². The monoisotopic (exact) mass is 444 g/mol. The number of benzene rings is 2. The summed E-state index contributed by atoms with van der Waals surface area (Å²) in [5, 5.41) is 5.81. The van der Waals surface area contributed by atoms with Crippen molar-refractivity contribution in [3.63, 3.8) is 0 Å². The van der Waals surface area contributed by atoms with Crippen molar-refractivity contribution < 1.29 is 22.7 Å². The molecule has 1 aromatic heterocycles. The average Bonchev–Trinajstić information content (AvgIpc) is 2.97. The van der Waals surface area contributed by atoms with Crippen molar-refractivity contribution in [2.45, 2.75) is 6.18 Å². The van der Waals surface area contributed by atoms with Gasteiger partial charge in [-0.05, 0) is 48.6 Å². The third-order valence-electron chi connectivity index (χ3n) is 3.72. The molecule has 0 fully saturated rings. The van der Waals surface area contributed by atoms with Crippen molar-refractivity contribution in [1.82, 2.24) is 5.32 Å². The number of thiocarbonyl (C=S) groups is 1. The maximum atomic E-state index is 12.8. The fourth-order valence-corrected chi connectivity index (χ4v) is 4.07. The highest BCUT2D eigenvalue weighted by molar-refractivity contribution is 7.80. The molecule has 2 aromatic carbocycles. The topological polar surface area (TPSA) is 50.4 Å². The number of rotatable bonds is 3. The number of fused-ring (bicyclic) bond motifs is 1. The summed E-state index contributed by atoms with van der Waals surface area (Å²) >= 11 is 12.5. The Kier molecular flexibility index (Phi) is 5.78. The van der Waals surface area contributed by atoms with E-state index >= 15 is 0 Å². The van der Waals surface area contributed by atoms with Crippen molar-refractivity contribution >= 4 is 61.9 Å². The van der Waals surface area contributed by atoms with Gasteiger partial charge in [0.15, 0.2) is 5.11 Å². The van der Waals surface area contributed by atoms with Gasteiger partial charge in [0.05, 0.1) is 17.7 Å². The van der Waals surface area contributed by atoms with Gasteiger partial charge >= 0.3 is 6.18 Å². The molecule has 0 spiro atoms. The second-order valence-electron chi connectivity index (χ2n) is 5.59. The lowest BCUT2D eigenvalue weighted by Crippen LogP contribution is -2.33. The van der Waals surface area contributed by atoms with Gasteiger partial charge in [-0.1, -0.05) is 17.7 Å². The van der Waals surface area contributed by atoms with Crippen LogP contribution in [-0.4, -0.2) is 18.1 Å². The highest BCUT2D eigenvalue weighted by atomic mass is 35.5. The number of halogens is 4. The Hall–Kier alpha value is -2.36. The molecule has 0 unspecified atom stereocenters. The molecule has 0 saturated carbocycles. The smallest absolute Gasteiger partial charge is 0.416 e. The molecule has 0 aliphatic rings. The summed E-state index contributed by atoms with van der Waals surface area (Å²) in [5.41, 5.74) is -0.722. The zero-order chi connectivity index (χ0) is 20.5. The number of methoxy groups -OCH3 is 1. The number of thiophene rings is 1. The molecule has 0 aliphatic carbocycles. The van der Waals surface area contributed by atoms with Gasteiger partial charge in [-0.2, -0.15) is 13.2 Å². The molecular weight excluding hydrogens is 433 g/mol. The van der Waals surface area contributed by atoms with Crippen LogP contribution < -0.4 is 15.4 Å². The summed E-state index contributed by atoms with van der Waals surface area (Å²) in [6, 6.07) is 9.71. The molecule has 146 valence electrons. The van der Waals surface area contributed by atoms with Gasteiger partial charge in [0.2, 0.25) is 0 Å². The van der Waals surface area contributed by atoms with Crippen LogP contribution in [0.25, 0.3) is 10.1 Å². The molecule has 10 heteroatoms. The fourth-order valence-electron chi connectivity index (χ4n) is 2.41. The number of hydrogen-bond donors (Lipinski definition) is 2. The summed E-state index contributed by atoms with van der Waals surface area (Å²) in [5.74, 6) is 0.0637. The van der Waals surface area contributed by atoms with E-state index in [-0.39, 0.29) is 20.7 Å². The molecule has 0 aliphatic heterocycles. The van der Waals surface area contributed by atoms with E-state index in [2.05, 4.69) is 10.6 Å². The number of anilines is 1. The van der Waals surface area contributed by atoms with Crippen LogP contribution in [0.15, 0.2) is 42.5 Å². The van der Waals surface area contributed by atoms with Gasteiger partial charge in [-0.15, -0.1) is 11.3 Å². The number of hydrogen-bond acceptors (Lipinski definition) is 4. The van der Waals surface area contributed by atoms with E-state index in [1.165, 1.54) is 19.2 Å². The molecule has 0 saturated heterocycles. The largest absolute Gasteiger partial charge is 0.497 e. The van der Waals surface area contributed by atoms with E-state index in [4.69, 9.17) is 28.6 Å². The van der Waals surface area contributed by atoms with Gasteiger partial charge in [0, 0.05) is 15.8 Å². The number of carbonyl (C=O) groups is 1. The second kappa shape index (κ2) is 7.94. The molecule has 3 aromatic rings. The molecule has 28 heavy (non-hydrogen) atoms. The van der Waals surface area contributed by atoms with E-state index in [9.17, 15) is 18.0 Å². The minimum absolute atomic E-state index is 0.104. The minimum atomic E-state index is -4.48. The number of carbonyl (C=O) groups excluding carboxylic acids is 1. The van der Waals surface area contributed by atoms with Crippen LogP contribution in [0.5, 0.6) is 5.75 Å². The van der Waals surface area contributed by atoms with E-state index < -0.39 is 17.6 Å². The molecule has 2 N–H and O–H groups in total. The lowest BCUT2D eigenvalue weighted by atomic mass is 10.2. The van der Waals surface area contributed by atoms with Gasteiger partial charge < -0.3 is 10.1 Å². The van der Waals surface area contributed by atoms with Crippen LogP contribution in [0.4, 0.5) is 18.9 Å².